The number of aromatic hydroxyl groups is 1. The summed E-state index contributed by atoms with van der Waals surface area (Å²) in [7, 11) is 0. The fourth-order valence-electron chi connectivity index (χ4n) is 1.78. The van der Waals surface area contributed by atoms with Crippen LogP contribution in [0.1, 0.15) is 23.0 Å². The van der Waals surface area contributed by atoms with Gasteiger partial charge in [0.05, 0.1) is 5.69 Å². The molecule has 0 amide bonds. The summed E-state index contributed by atoms with van der Waals surface area (Å²) in [6.45, 7) is 2.74. The smallest absolute Gasteiger partial charge is 0.355 e. The number of nitrogen functional groups attached to an aromatic ring is 1. The summed E-state index contributed by atoms with van der Waals surface area (Å²) in [6.07, 6.45) is 1.71. The van der Waals surface area contributed by atoms with E-state index in [0.29, 0.717) is 17.9 Å². The van der Waals surface area contributed by atoms with E-state index in [1.165, 1.54) is 0 Å². The minimum absolute atomic E-state index is 0.161. The van der Waals surface area contributed by atoms with Gasteiger partial charge in [0.2, 0.25) is 0 Å². The maximum Gasteiger partial charge on any atom is 0.355 e. The van der Waals surface area contributed by atoms with Gasteiger partial charge in [-0.25, -0.2) is 4.79 Å². The topological polar surface area (TPSA) is 77.5 Å². The highest BCUT2D eigenvalue weighted by Gasteiger charge is 2.13. The van der Waals surface area contributed by atoms with Crippen LogP contribution in [0.15, 0.2) is 36.5 Å². The van der Waals surface area contributed by atoms with E-state index in [2.05, 4.69) is 0 Å². The highest BCUT2D eigenvalue weighted by atomic mass is 16.5. The van der Waals surface area contributed by atoms with Crippen molar-refractivity contribution in [2.45, 2.75) is 20.1 Å². The molecule has 0 unspecified atom stereocenters. The van der Waals surface area contributed by atoms with Crippen molar-refractivity contribution < 1.29 is 14.6 Å². The molecule has 0 spiro atoms. The zero-order valence-corrected chi connectivity index (χ0v) is 10.7. The molecule has 0 aliphatic rings. The average molecular weight is 260 g/mol. The molecule has 5 nitrogen and oxygen atoms in total. The molecule has 0 saturated heterocycles. The van der Waals surface area contributed by atoms with Crippen LogP contribution >= 0.6 is 0 Å². The summed E-state index contributed by atoms with van der Waals surface area (Å²) in [5.74, 6) is -0.227. The maximum atomic E-state index is 11.9. The van der Waals surface area contributed by atoms with Crippen molar-refractivity contribution in [3.63, 3.8) is 0 Å². The fourth-order valence-corrected chi connectivity index (χ4v) is 1.78. The number of esters is 1. The standard InChI is InChI=1S/C14H16N2O3/c1-2-16-8-11(15)7-13(16)14(18)19-9-10-3-5-12(17)6-4-10/h3-8,17H,2,9,15H2,1H3. The first-order chi connectivity index (χ1) is 9.10. The number of aromatic nitrogens is 1. The number of benzene rings is 1. The molecule has 0 atom stereocenters. The second kappa shape index (κ2) is 5.48. The number of ether oxygens (including phenoxy) is 1. The molecule has 3 N–H and O–H groups in total. The molecule has 0 fully saturated rings. The van der Waals surface area contributed by atoms with E-state index in [1.54, 1.807) is 41.1 Å². The Morgan fingerprint density at radius 1 is 1.37 bits per heavy atom. The second-order valence-electron chi connectivity index (χ2n) is 4.19. The van der Waals surface area contributed by atoms with Gasteiger partial charge in [-0.3, -0.25) is 0 Å². The fraction of sp³-hybridized carbons (Fsp3) is 0.214. The molecule has 5 heteroatoms. The molecule has 1 heterocycles. The summed E-state index contributed by atoms with van der Waals surface area (Å²) >= 11 is 0. The van der Waals surface area contributed by atoms with E-state index >= 15 is 0 Å². The molecule has 0 bridgehead atoms. The quantitative estimate of drug-likeness (QED) is 0.826. The Morgan fingerprint density at radius 2 is 2.05 bits per heavy atom. The van der Waals surface area contributed by atoms with E-state index < -0.39 is 5.97 Å². The molecule has 2 rings (SSSR count). The largest absolute Gasteiger partial charge is 0.508 e. The summed E-state index contributed by atoms with van der Waals surface area (Å²) < 4.78 is 6.96. The number of carbonyl (C=O) groups is 1. The van der Waals surface area contributed by atoms with Gasteiger partial charge in [-0.15, -0.1) is 0 Å². The van der Waals surface area contributed by atoms with Crippen molar-refractivity contribution in [1.82, 2.24) is 4.57 Å². The van der Waals surface area contributed by atoms with Gasteiger partial charge in [-0.2, -0.15) is 0 Å². The number of carbonyl (C=O) groups excluding carboxylic acids is 1. The number of rotatable bonds is 4. The lowest BCUT2D eigenvalue weighted by Crippen LogP contribution is -2.11. The minimum Gasteiger partial charge on any atom is -0.508 e. The first-order valence-electron chi connectivity index (χ1n) is 6.01. The third-order valence-corrected chi connectivity index (χ3v) is 2.77. The van der Waals surface area contributed by atoms with Crippen LogP contribution in [0.2, 0.25) is 0 Å². The molecule has 19 heavy (non-hydrogen) atoms. The lowest BCUT2D eigenvalue weighted by molar-refractivity contribution is 0.0460. The van der Waals surface area contributed by atoms with Gasteiger partial charge < -0.3 is 20.1 Å². The van der Waals surface area contributed by atoms with Gasteiger partial charge in [0.25, 0.3) is 0 Å². The predicted octanol–water partition coefficient (Wildman–Crippen LogP) is 2.15. The van der Waals surface area contributed by atoms with E-state index in [0.717, 1.165) is 5.56 Å². The number of aryl methyl sites for hydroxylation is 1. The third kappa shape index (κ3) is 3.07. The SMILES string of the molecule is CCn1cc(N)cc1C(=O)OCc1ccc(O)cc1. The first-order valence-corrected chi connectivity index (χ1v) is 6.01. The van der Waals surface area contributed by atoms with E-state index in [4.69, 9.17) is 15.6 Å². The van der Waals surface area contributed by atoms with E-state index in [9.17, 15) is 4.79 Å². The van der Waals surface area contributed by atoms with Gasteiger partial charge in [0.15, 0.2) is 0 Å². The van der Waals surface area contributed by atoms with Gasteiger partial charge in [-0.05, 0) is 30.7 Å². The first kappa shape index (κ1) is 13.0. The van der Waals surface area contributed by atoms with Crippen LogP contribution in [-0.4, -0.2) is 15.6 Å². The van der Waals surface area contributed by atoms with Crippen LogP contribution < -0.4 is 5.73 Å². The molecular weight excluding hydrogens is 244 g/mol. The van der Waals surface area contributed by atoms with Gasteiger partial charge in [0, 0.05) is 12.7 Å². The summed E-state index contributed by atoms with van der Waals surface area (Å²) in [5, 5.41) is 9.16. The summed E-state index contributed by atoms with van der Waals surface area (Å²) in [6, 6.07) is 8.11. The van der Waals surface area contributed by atoms with Crippen molar-refractivity contribution in [3.8, 4) is 5.75 Å². The minimum atomic E-state index is -0.411. The normalized spacial score (nSPS) is 10.4. The monoisotopic (exact) mass is 260 g/mol. The van der Waals surface area contributed by atoms with E-state index in [1.807, 2.05) is 6.92 Å². The number of nitrogens with two attached hydrogens (primary N) is 1. The molecular formula is C14H16N2O3. The number of phenolic OH excluding ortho intramolecular Hbond substituents is 1. The molecule has 1 aromatic heterocycles. The predicted molar refractivity (Wildman–Crippen MR) is 71.7 cm³/mol. The number of anilines is 1. The molecule has 2 aromatic rings. The van der Waals surface area contributed by atoms with Crippen molar-refractivity contribution >= 4 is 11.7 Å². The lowest BCUT2D eigenvalue weighted by Gasteiger charge is -2.07. The third-order valence-electron chi connectivity index (χ3n) is 2.77. The molecule has 0 radical (unpaired) electrons. The van der Waals surface area contributed by atoms with Crippen molar-refractivity contribution in [2.75, 3.05) is 5.73 Å². The Kier molecular flexibility index (Phi) is 3.75. The Balaban J connectivity index is 2.03. The van der Waals surface area contributed by atoms with Crippen LogP contribution in [0.3, 0.4) is 0 Å². The zero-order chi connectivity index (χ0) is 13.8. The molecule has 0 saturated carbocycles. The Morgan fingerprint density at radius 3 is 2.68 bits per heavy atom. The van der Waals surface area contributed by atoms with Gasteiger partial charge in [0.1, 0.15) is 18.1 Å². The Bertz CT molecular complexity index is 573. The lowest BCUT2D eigenvalue weighted by atomic mass is 10.2. The highest BCUT2D eigenvalue weighted by molar-refractivity contribution is 5.89. The summed E-state index contributed by atoms with van der Waals surface area (Å²) in [5.41, 5.74) is 7.46. The summed E-state index contributed by atoms with van der Waals surface area (Å²) in [4.78, 5) is 11.9. The molecule has 0 aliphatic heterocycles. The van der Waals surface area contributed by atoms with Gasteiger partial charge in [-0.1, -0.05) is 12.1 Å². The van der Waals surface area contributed by atoms with Crippen LogP contribution in [-0.2, 0) is 17.9 Å². The number of hydrogen-bond acceptors (Lipinski definition) is 4. The Labute approximate surface area is 111 Å². The number of nitrogens with zero attached hydrogens (tertiary/aromatic N) is 1. The number of hydrogen-bond donors (Lipinski definition) is 2. The average Bonchev–Trinajstić information content (AvgIpc) is 2.79. The van der Waals surface area contributed by atoms with Crippen LogP contribution in [0, 0.1) is 0 Å². The number of phenols is 1. The molecule has 1 aromatic carbocycles. The maximum absolute atomic E-state index is 11.9. The van der Waals surface area contributed by atoms with Crippen LogP contribution in [0.25, 0.3) is 0 Å². The second-order valence-corrected chi connectivity index (χ2v) is 4.19. The molecule has 100 valence electrons. The molecule has 0 aliphatic carbocycles. The van der Waals surface area contributed by atoms with Crippen LogP contribution in [0.5, 0.6) is 5.75 Å². The van der Waals surface area contributed by atoms with Crippen molar-refractivity contribution in [3.05, 3.63) is 47.8 Å². The van der Waals surface area contributed by atoms with E-state index in [-0.39, 0.29) is 12.4 Å². The van der Waals surface area contributed by atoms with Crippen molar-refractivity contribution in [2.24, 2.45) is 0 Å². The van der Waals surface area contributed by atoms with Gasteiger partial charge >= 0.3 is 5.97 Å². The zero-order valence-electron chi connectivity index (χ0n) is 10.7. The van der Waals surface area contributed by atoms with Crippen molar-refractivity contribution in [1.29, 1.82) is 0 Å². The highest BCUT2D eigenvalue weighted by Crippen LogP contribution is 2.14. The van der Waals surface area contributed by atoms with Crippen LogP contribution in [0.4, 0.5) is 5.69 Å². The Hall–Kier alpha value is -2.43.